The molecule has 2 fully saturated rings. The van der Waals surface area contributed by atoms with Crippen LogP contribution in [0.4, 0.5) is 0 Å². The predicted molar refractivity (Wildman–Crippen MR) is 142 cm³/mol. The molecule has 2 aliphatic rings. The summed E-state index contributed by atoms with van der Waals surface area (Å²) in [5.41, 5.74) is 5.31. The van der Waals surface area contributed by atoms with E-state index in [2.05, 4.69) is 46.4 Å². The molecule has 0 amide bonds. The van der Waals surface area contributed by atoms with Gasteiger partial charge in [-0.05, 0) is 62.0 Å². The van der Waals surface area contributed by atoms with Crippen molar-refractivity contribution >= 4 is 25.7 Å². The molecule has 0 aromatic carbocycles. The van der Waals surface area contributed by atoms with E-state index in [4.69, 9.17) is 28.2 Å². The molecule has 212 valence electrons. The fourth-order valence-corrected chi connectivity index (χ4v) is 4.55. The largest absolute Gasteiger partial charge is 0.373 e. The molecule has 9 heteroatoms. The van der Waals surface area contributed by atoms with E-state index in [-0.39, 0.29) is 17.7 Å². The molecule has 2 atom stereocenters. The Morgan fingerprint density at radius 1 is 0.838 bits per heavy atom. The number of carbonyl (C=O) groups excluding carboxylic acids is 5. The summed E-state index contributed by atoms with van der Waals surface area (Å²) in [7, 11) is -2.92. The van der Waals surface area contributed by atoms with E-state index in [0.717, 1.165) is 25.2 Å². The lowest BCUT2D eigenvalue weighted by Gasteiger charge is -2.44. The van der Waals surface area contributed by atoms with Crippen LogP contribution in [0, 0.1) is 22.7 Å². The third kappa shape index (κ3) is 15.6. The molecule has 0 bridgehead atoms. The topological polar surface area (TPSA) is 121 Å². The fourth-order valence-electron chi connectivity index (χ4n) is 3.12. The lowest BCUT2D eigenvalue weighted by Crippen LogP contribution is -2.43. The highest BCUT2D eigenvalue weighted by atomic mass is 31.2. The van der Waals surface area contributed by atoms with E-state index >= 15 is 0 Å². The zero-order valence-corrected chi connectivity index (χ0v) is 25.2. The van der Waals surface area contributed by atoms with Crippen LogP contribution in [0.1, 0.15) is 94.9 Å². The number of hydrogen-bond acceptors (Lipinski definition) is 8. The van der Waals surface area contributed by atoms with Crippen molar-refractivity contribution < 1.29 is 37.6 Å². The summed E-state index contributed by atoms with van der Waals surface area (Å²) >= 11 is 0. The first-order valence-electron chi connectivity index (χ1n) is 12.7. The summed E-state index contributed by atoms with van der Waals surface area (Å²) in [6.45, 7) is 21.6. The first-order chi connectivity index (χ1) is 17.1. The maximum Gasteiger partial charge on any atom is 0.373 e. The van der Waals surface area contributed by atoms with Crippen LogP contribution in [0.3, 0.4) is 0 Å². The van der Waals surface area contributed by atoms with Gasteiger partial charge in [-0.1, -0.05) is 61.5 Å². The number of hydrogen-bond donors (Lipinski definition) is 0. The standard InChI is InChI=1S/C11H18.C8H17O3P.C7H12O.2CO2/c1-5-6-7-10-8-9(2)11(10,3)4;1-4-7-8-12(9,10-5-2)11-6-3;1-5-4-6(8)7(5,2)3;2*2-1-3/h6,9H,5,8H2,1-4H3;7-8H,4-6H2,1-3H3;5H,4H2,1-3H3;;/b;8-7+;;;. The predicted octanol–water partition coefficient (Wildman–Crippen LogP) is 7.17. The lowest BCUT2D eigenvalue weighted by molar-refractivity contribution is -0.193. The third-order valence-corrected chi connectivity index (χ3v) is 8.40. The molecule has 8 nitrogen and oxygen atoms in total. The van der Waals surface area contributed by atoms with Crippen LogP contribution in [0.5, 0.6) is 0 Å². The third-order valence-electron chi connectivity index (χ3n) is 6.58. The van der Waals surface area contributed by atoms with Crippen molar-refractivity contribution in [2.24, 2.45) is 22.7 Å². The lowest BCUT2D eigenvalue weighted by atomic mass is 9.60. The van der Waals surface area contributed by atoms with Crippen molar-refractivity contribution in [3.63, 3.8) is 0 Å². The van der Waals surface area contributed by atoms with Crippen molar-refractivity contribution in [3.8, 4) is 0 Å². The summed E-state index contributed by atoms with van der Waals surface area (Å²) in [6.07, 6.45) is 8.43. The Hall–Kier alpha value is -2.16. The van der Waals surface area contributed by atoms with Gasteiger partial charge in [0.15, 0.2) is 0 Å². The van der Waals surface area contributed by atoms with Gasteiger partial charge in [-0.25, -0.2) is 0 Å². The first kappa shape index (κ1) is 39.4. The Balaban J connectivity index is -0.000000427. The molecule has 0 radical (unpaired) electrons. The summed E-state index contributed by atoms with van der Waals surface area (Å²) in [6, 6.07) is 0. The van der Waals surface area contributed by atoms with Gasteiger partial charge in [0.1, 0.15) is 5.78 Å². The zero-order valence-electron chi connectivity index (χ0n) is 24.3. The second-order valence-electron chi connectivity index (χ2n) is 9.65. The molecule has 0 heterocycles. The SMILES string of the molecule is CC/C=C/P(=O)(OCC)OCC.CC1CC(=O)C1(C)C.CCC=C=C1CC(C)C1(C)C.O=C=O.O=C=O. The first-order valence-corrected chi connectivity index (χ1v) is 14.3. The molecule has 2 aliphatic carbocycles. The van der Waals surface area contributed by atoms with E-state index in [9.17, 15) is 9.36 Å². The summed E-state index contributed by atoms with van der Waals surface area (Å²) in [5.74, 6) is 3.40. The van der Waals surface area contributed by atoms with Crippen LogP contribution < -0.4 is 0 Å². The van der Waals surface area contributed by atoms with E-state index in [1.54, 1.807) is 19.9 Å². The maximum absolute atomic E-state index is 11.6. The molecule has 2 unspecified atom stereocenters. The Bertz CT molecular complexity index is 845. The summed E-state index contributed by atoms with van der Waals surface area (Å²) in [4.78, 5) is 43.3. The number of allylic oxidation sites excluding steroid dienone is 2. The van der Waals surface area contributed by atoms with Crippen molar-refractivity contribution in [1.82, 2.24) is 0 Å². The highest BCUT2D eigenvalue weighted by molar-refractivity contribution is 7.57. The molecule has 0 saturated heterocycles. The van der Waals surface area contributed by atoms with Gasteiger partial charge in [-0.3, -0.25) is 9.36 Å². The summed E-state index contributed by atoms with van der Waals surface area (Å²) in [5, 5.41) is 0. The minimum absolute atomic E-state index is 0. The van der Waals surface area contributed by atoms with Crippen molar-refractivity contribution in [1.29, 1.82) is 0 Å². The average molecular weight is 543 g/mol. The molecule has 37 heavy (non-hydrogen) atoms. The molecule has 0 N–H and O–H groups in total. The highest BCUT2D eigenvalue weighted by Gasteiger charge is 2.43. The van der Waals surface area contributed by atoms with E-state index in [0.29, 0.717) is 30.3 Å². The molecular weight excluding hydrogens is 495 g/mol. The van der Waals surface area contributed by atoms with Gasteiger partial charge in [0.2, 0.25) is 0 Å². The normalized spacial score (nSPS) is 20.1. The van der Waals surface area contributed by atoms with Crippen molar-refractivity contribution in [3.05, 3.63) is 29.3 Å². The van der Waals surface area contributed by atoms with E-state index in [1.165, 1.54) is 17.8 Å². The zero-order chi connectivity index (χ0) is 29.7. The van der Waals surface area contributed by atoms with Gasteiger partial charge in [0.25, 0.3) is 0 Å². The Kier molecular flexibility index (Phi) is 22.2. The minimum atomic E-state index is -2.92. The van der Waals surface area contributed by atoms with E-state index < -0.39 is 7.60 Å². The fraction of sp³-hybridized carbons (Fsp3) is 0.714. The van der Waals surface area contributed by atoms with Crippen molar-refractivity contribution in [2.75, 3.05) is 13.2 Å². The average Bonchev–Trinajstić information content (AvgIpc) is 2.83. The van der Waals surface area contributed by atoms with Gasteiger partial charge in [0, 0.05) is 17.7 Å². The summed E-state index contributed by atoms with van der Waals surface area (Å²) < 4.78 is 21.7. The van der Waals surface area contributed by atoms with Crippen LogP contribution in [0.25, 0.3) is 0 Å². The highest BCUT2D eigenvalue weighted by Crippen LogP contribution is 2.50. The van der Waals surface area contributed by atoms with Crippen LogP contribution in [0.15, 0.2) is 29.3 Å². The quantitative estimate of drug-likeness (QED) is 0.245. The van der Waals surface area contributed by atoms with Crippen LogP contribution in [-0.2, 0) is 37.6 Å². The van der Waals surface area contributed by atoms with Crippen LogP contribution in [-0.4, -0.2) is 31.3 Å². The molecule has 0 aliphatic heterocycles. The van der Waals surface area contributed by atoms with Gasteiger partial charge < -0.3 is 9.05 Å². The monoisotopic (exact) mass is 542 g/mol. The van der Waals surface area contributed by atoms with Crippen LogP contribution in [0.2, 0.25) is 0 Å². The Labute approximate surface area is 223 Å². The molecule has 0 aromatic heterocycles. The van der Waals surface area contributed by atoms with Gasteiger partial charge in [0.05, 0.1) is 13.2 Å². The molecule has 0 spiro atoms. The maximum atomic E-state index is 11.6. The second-order valence-corrected chi connectivity index (χ2v) is 11.5. The molecular formula is C28H47O8P. The number of Topliss-reactive ketones (excluding diaryl/α,β-unsaturated/α-hetero) is 1. The minimum Gasteiger partial charge on any atom is -0.306 e. The molecule has 2 rings (SSSR count). The smallest absolute Gasteiger partial charge is 0.306 e. The Morgan fingerprint density at radius 3 is 1.49 bits per heavy atom. The van der Waals surface area contributed by atoms with E-state index in [1.807, 2.05) is 20.8 Å². The number of rotatable bonds is 7. The van der Waals surface area contributed by atoms with Gasteiger partial charge in [-0.2, -0.15) is 19.2 Å². The Morgan fingerprint density at radius 2 is 1.27 bits per heavy atom. The molecule has 0 aromatic rings. The number of ketones is 1. The van der Waals surface area contributed by atoms with Gasteiger partial charge in [-0.15, -0.1) is 5.73 Å². The van der Waals surface area contributed by atoms with Crippen LogP contribution >= 0.6 is 7.60 Å². The molecule has 2 saturated carbocycles. The van der Waals surface area contributed by atoms with Crippen molar-refractivity contribution in [2.45, 2.75) is 94.9 Å². The van der Waals surface area contributed by atoms with Gasteiger partial charge >= 0.3 is 19.9 Å². The number of carbonyl (C=O) groups is 1. The second kappa shape index (κ2) is 20.8.